The SMILES string of the molecule is O=C(Cc1cc(F)cc(F)c1)Cc1ccc(Cl)cc1Cl. The van der Waals surface area contributed by atoms with Crippen molar-refractivity contribution in [1.82, 2.24) is 0 Å². The van der Waals surface area contributed by atoms with Crippen LogP contribution in [0.1, 0.15) is 11.1 Å². The first-order valence-electron chi connectivity index (χ1n) is 5.84. The number of carbonyl (C=O) groups is 1. The quantitative estimate of drug-likeness (QED) is 0.804. The van der Waals surface area contributed by atoms with E-state index < -0.39 is 11.6 Å². The van der Waals surface area contributed by atoms with E-state index in [4.69, 9.17) is 23.2 Å². The number of Topliss-reactive ketones (excluding diaryl/α,β-unsaturated/α-hetero) is 1. The molecule has 20 heavy (non-hydrogen) atoms. The van der Waals surface area contributed by atoms with Gasteiger partial charge in [0.05, 0.1) is 0 Å². The Morgan fingerprint density at radius 2 is 1.60 bits per heavy atom. The highest BCUT2D eigenvalue weighted by molar-refractivity contribution is 6.35. The minimum absolute atomic E-state index is 0.0480. The number of benzene rings is 2. The van der Waals surface area contributed by atoms with Gasteiger partial charge in [0.15, 0.2) is 0 Å². The van der Waals surface area contributed by atoms with Crippen LogP contribution in [-0.2, 0) is 17.6 Å². The second kappa shape index (κ2) is 6.33. The molecule has 0 radical (unpaired) electrons. The monoisotopic (exact) mass is 314 g/mol. The standard InChI is InChI=1S/C15H10Cl2F2O/c16-11-2-1-10(15(17)7-11)6-14(20)5-9-3-12(18)8-13(19)4-9/h1-4,7-8H,5-6H2. The van der Waals surface area contributed by atoms with Crippen LogP contribution in [0.3, 0.4) is 0 Å². The van der Waals surface area contributed by atoms with Crippen molar-refractivity contribution in [3.05, 3.63) is 69.2 Å². The summed E-state index contributed by atoms with van der Waals surface area (Å²) in [6.45, 7) is 0. The van der Waals surface area contributed by atoms with Gasteiger partial charge >= 0.3 is 0 Å². The average Bonchev–Trinajstić information content (AvgIpc) is 2.31. The van der Waals surface area contributed by atoms with Gasteiger partial charge < -0.3 is 0 Å². The molecule has 2 aromatic carbocycles. The van der Waals surface area contributed by atoms with Gasteiger partial charge in [-0.05, 0) is 35.4 Å². The Morgan fingerprint density at radius 3 is 2.20 bits per heavy atom. The van der Waals surface area contributed by atoms with Crippen molar-refractivity contribution in [1.29, 1.82) is 0 Å². The zero-order chi connectivity index (χ0) is 14.7. The molecule has 0 unspecified atom stereocenters. The molecule has 0 spiro atoms. The van der Waals surface area contributed by atoms with Gasteiger partial charge in [0.1, 0.15) is 17.4 Å². The summed E-state index contributed by atoms with van der Waals surface area (Å²) in [4.78, 5) is 11.9. The van der Waals surface area contributed by atoms with Gasteiger partial charge in [-0.2, -0.15) is 0 Å². The largest absolute Gasteiger partial charge is 0.299 e. The molecule has 0 saturated heterocycles. The van der Waals surface area contributed by atoms with E-state index in [1.54, 1.807) is 18.2 Å². The van der Waals surface area contributed by atoms with Crippen molar-refractivity contribution in [2.24, 2.45) is 0 Å². The lowest BCUT2D eigenvalue weighted by atomic mass is 10.0. The molecule has 0 aliphatic rings. The maximum absolute atomic E-state index is 13.0. The molecule has 0 heterocycles. The lowest BCUT2D eigenvalue weighted by molar-refractivity contribution is -0.117. The van der Waals surface area contributed by atoms with Crippen molar-refractivity contribution in [3.8, 4) is 0 Å². The highest BCUT2D eigenvalue weighted by Gasteiger charge is 2.10. The number of carbonyl (C=O) groups excluding carboxylic acids is 1. The summed E-state index contributed by atoms with van der Waals surface area (Å²) in [6.07, 6.45) is 0.0434. The van der Waals surface area contributed by atoms with Crippen LogP contribution in [0.25, 0.3) is 0 Å². The molecular formula is C15H10Cl2F2O. The van der Waals surface area contributed by atoms with Crippen LogP contribution in [0, 0.1) is 11.6 Å². The fourth-order valence-corrected chi connectivity index (χ4v) is 2.36. The van der Waals surface area contributed by atoms with Crippen LogP contribution in [0.4, 0.5) is 8.78 Å². The van der Waals surface area contributed by atoms with Crippen molar-refractivity contribution >= 4 is 29.0 Å². The smallest absolute Gasteiger partial charge is 0.141 e. The van der Waals surface area contributed by atoms with E-state index in [2.05, 4.69) is 0 Å². The zero-order valence-electron chi connectivity index (χ0n) is 10.3. The lowest BCUT2D eigenvalue weighted by Crippen LogP contribution is -2.07. The van der Waals surface area contributed by atoms with Crippen molar-refractivity contribution in [2.75, 3.05) is 0 Å². The first kappa shape index (κ1) is 14.9. The number of hydrogen-bond acceptors (Lipinski definition) is 1. The highest BCUT2D eigenvalue weighted by atomic mass is 35.5. The van der Waals surface area contributed by atoms with Gasteiger partial charge in [-0.25, -0.2) is 8.78 Å². The number of rotatable bonds is 4. The summed E-state index contributed by atoms with van der Waals surface area (Å²) >= 11 is 11.7. The molecule has 5 heteroatoms. The van der Waals surface area contributed by atoms with Crippen LogP contribution >= 0.6 is 23.2 Å². The zero-order valence-corrected chi connectivity index (χ0v) is 11.8. The van der Waals surface area contributed by atoms with Crippen molar-refractivity contribution in [2.45, 2.75) is 12.8 Å². The Bertz CT molecular complexity index is 636. The predicted octanol–water partition coefficient (Wildman–Crippen LogP) is 4.63. The normalized spacial score (nSPS) is 10.6. The Kier molecular flexibility index (Phi) is 4.73. The molecule has 0 bridgehead atoms. The first-order chi connectivity index (χ1) is 9.44. The van der Waals surface area contributed by atoms with Gasteiger partial charge in [0.25, 0.3) is 0 Å². The Balaban J connectivity index is 2.09. The van der Waals surface area contributed by atoms with E-state index in [0.717, 1.165) is 18.2 Å². The van der Waals surface area contributed by atoms with E-state index in [0.29, 0.717) is 21.2 Å². The maximum Gasteiger partial charge on any atom is 0.141 e. The highest BCUT2D eigenvalue weighted by Crippen LogP contribution is 2.22. The van der Waals surface area contributed by atoms with Crippen molar-refractivity contribution in [3.63, 3.8) is 0 Å². The third-order valence-electron chi connectivity index (χ3n) is 2.73. The molecule has 0 aliphatic carbocycles. The summed E-state index contributed by atoms with van der Waals surface area (Å²) in [5.41, 5.74) is 0.940. The molecule has 2 aromatic rings. The molecule has 0 atom stereocenters. The van der Waals surface area contributed by atoms with Crippen LogP contribution in [0.15, 0.2) is 36.4 Å². The third-order valence-corrected chi connectivity index (χ3v) is 3.31. The summed E-state index contributed by atoms with van der Waals surface area (Å²) in [5.74, 6) is -1.58. The Hall–Kier alpha value is -1.45. The van der Waals surface area contributed by atoms with Crippen LogP contribution < -0.4 is 0 Å². The number of ketones is 1. The molecule has 1 nitrogen and oxygen atoms in total. The topological polar surface area (TPSA) is 17.1 Å². The van der Waals surface area contributed by atoms with Gasteiger partial charge in [0, 0.05) is 29.0 Å². The fourth-order valence-electron chi connectivity index (χ4n) is 1.88. The molecule has 104 valence electrons. The van der Waals surface area contributed by atoms with Crippen LogP contribution in [0.2, 0.25) is 10.0 Å². The molecule has 0 amide bonds. The van der Waals surface area contributed by atoms with Crippen molar-refractivity contribution < 1.29 is 13.6 Å². The van der Waals surface area contributed by atoms with Gasteiger partial charge in [-0.1, -0.05) is 29.3 Å². The molecule has 0 aromatic heterocycles. The Labute approximate surface area is 125 Å². The van der Waals surface area contributed by atoms with Crippen LogP contribution in [-0.4, -0.2) is 5.78 Å². The van der Waals surface area contributed by atoms with E-state index >= 15 is 0 Å². The molecule has 2 rings (SSSR count). The third kappa shape index (κ3) is 4.02. The van der Waals surface area contributed by atoms with E-state index in [9.17, 15) is 13.6 Å². The van der Waals surface area contributed by atoms with E-state index in [-0.39, 0.29) is 18.6 Å². The van der Waals surface area contributed by atoms with E-state index in [1.165, 1.54) is 0 Å². The minimum Gasteiger partial charge on any atom is -0.299 e. The minimum atomic E-state index is -0.697. The number of halogens is 4. The molecular weight excluding hydrogens is 305 g/mol. The van der Waals surface area contributed by atoms with Gasteiger partial charge in [-0.3, -0.25) is 4.79 Å². The lowest BCUT2D eigenvalue weighted by Gasteiger charge is -2.05. The molecule has 0 saturated carbocycles. The Morgan fingerprint density at radius 1 is 0.950 bits per heavy atom. The van der Waals surface area contributed by atoms with E-state index in [1.807, 2.05) is 0 Å². The predicted molar refractivity (Wildman–Crippen MR) is 75.2 cm³/mol. The maximum atomic E-state index is 13.0. The number of hydrogen-bond donors (Lipinski definition) is 0. The second-order valence-corrected chi connectivity index (χ2v) is 5.25. The molecule has 0 fully saturated rings. The summed E-state index contributed by atoms with van der Waals surface area (Å²) < 4.78 is 26.1. The summed E-state index contributed by atoms with van der Waals surface area (Å²) in [5, 5.41) is 0.884. The van der Waals surface area contributed by atoms with Gasteiger partial charge in [-0.15, -0.1) is 0 Å². The summed E-state index contributed by atoms with van der Waals surface area (Å²) in [6, 6.07) is 7.90. The average molecular weight is 315 g/mol. The van der Waals surface area contributed by atoms with Crippen LogP contribution in [0.5, 0.6) is 0 Å². The first-order valence-corrected chi connectivity index (χ1v) is 6.60. The molecule has 0 aliphatic heterocycles. The molecule has 0 N–H and O–H groups in total. The fraction of sp³-hybridized carbons (Fsp3) is 0.133. The second-order valence-electron chi connectivity index (χ2n) is 4.41. The summed E-state index contributed by atoms with van der Waals surface area (Å²) in [7, 11) is 0. The van der Waals surface area contributed by atoms with Gasteiger partial charge in [0.2, 0.25) is 0 Å².